The average Bonchev–Trinajstić information content (AvgIpc) is 2.76. The number of carbonyl (C=O) groups excluding carboxylic acids is 2. The van der Waals surface area contributed by atoms with Crippen LogP contribution in [0.2, 0.25) is 0 Å². The third-order valence-corrected chi connectivity index (χ3v) is 5.78. The molecule has 0 saturated carbocycles. The second kappa shape index (κ2) is 14.7. The van der Waals surface area contributed by atoms with E-state index in [-0.39, 0.29) is 50.6 Å². The summed E-state index contributed by atoms with van der Waals surface area (Å²) < 4.78 is 39.8. The predicted octanol–water partition coefficient (Wildman–Crippen LogP) is 2.91. The zero-order chi connectivity index (χ0) is 28.6. The lowest BCUT2D eigenvalue weighted by molar-refractivity contribution is -0.250. The largest absolute Gasteiger partial charge is 0.460 e. The van der Waals surface area contributed by atoms with Crippen LogP contribution in [0.15, 0.2) is 0 Å². The van der Waals surface area contributed by atoms with Gasteiger partial charge in [-0.25, -0.2) is 0 Å². The van der Waals surface area contributed by atoms with Gasteiger partial charge in [0.1, 0.15) is 36.6 Å². The Morgan fingerprint density at radius 2 is 1.35 bits per heavy atom. The minimum Gasteiger partial charge on any atom is -0.460 e. The van der Waals surface area contributed by atoms with E-state index in [1.54, 1.807) is 55.4 Å². The smallest absolute Gasteiger partial charge is 0.311 e. The van der Waals surface area contributed by atoms with Gasteiger partial charge >= 0.3 is 11.9 Å². The van der Waals surface area contributed by atoms with Crippen molar-refractivity contribution in [1.82, 2.24) is 0 Å². The minimum atomic E-state index is -0.958. The number of carbonyl (C=O) groups is 2. The molecule has 0 bridgehead atoms. The number of methoxy groups -OCH3 is 1. The molecule has 0 aromatic heterocycles. The fourth-order valence-corrected chi connectivity index (χ4v) is 3.51. The van der Waals surface area contributed by atoms with Crippen LogP contribution in [0.25, 0.3) is 0 Å². The molecule has 1 aliphatic rings. The summed E-state index contributed by atoms with van der Waals surface area (Å²) in [5, 5.41) is 10.9. The lowest BCUT2D eigenvalue weighted by Crippen LogP contribution is -2.59. The Morgan fingerprint density at radius 1 is 0.838 bits per heavy atom. The highest BCUT2D eigenvalue weighted by atomic mass is 16.6. The Kier molecular flexibility index (Phi) is 13.4. The number of aliphatic hydroxyl groups is 1. The van der Waals surface area contributed by atoms with E-state index < -0.39 is 47.5 Å². The van der Waals surface area contributed by atoms with E-state index in [4.69, 9.17) is 33.2 Å². The standard InChI is InChI=1S/C27H50O10/c1-16(33-13-17(2)35-24(29)26(5,6)7)12-32-15-20-23(31-11)21(28)22(19(4)37-20)34-14-18(3)36-25(30)27(8,9)10/h16-23,28H,12-15H2,1-11H3. The van der Waals surface area contributed by atoms with Crippen LogP contribution < -0.4 is 0 Å². The lowest BCUT2D eigenvalue weighted by atomic mass is 9.95. The van der Waals surface area contributed by atoms with Crippen molar-refractivity contribution in [2.75, 3.05) is 33.5 Å². The summed E-state index contributed by atoms with van der Waals surface area (Å²) in [7, 11) is 1.50. The molecule has 0 aromatic rings. The number of hydrogen-bond acceptors (Lipinski definition) is 10. The zero-order valence-electron chi connectivity index (χ0n) is 24.6. The molecule has 1 saturated heterocycles. The predicted molar refractivity (Wildman–Crippen MR) is 137 cm³/mol. The Bertz CT molecular complexity index is 698. The highest BCUT2D eigenvalue weighted by Gasteiger charge is 2.44. The summed E-state index contributed by atoms with van der Waals surface area (Å²) in [5.74, 6) is -0.592. The van der Waals surface area contributed by atoms with E-state index in [0.717, 1.165) is 0 Å². The quantitative estimate of drug-likeness (QED) is 0.353. The molecule has 1 heterocycles. The van der Waals surface area contributed by atoms with Gasteiger partial charge in [-0.1, -0.05) is 0 Å². The molecule has 8 unspecified atom stereocenters. The molecule has 0 radical (unpaired) electrons. The van der Waals surface area contributed by atoms with E-state index in [0.29, 0.717) is 0 Å². The maximum Gasteiger partial charge on any atom is 0.311 e. The third-order valence-electron chi connectivity index (χ3n) is 5.78. The average molecular weight is 535 g/mol. The van der Waals surface area contributed by atoms with Gasteiger partial charge in [0.05, 0.1) is 49.5 Å². The Labute approximate surface area is 222 Å². The van der Waals surface area contributed by atoms with Crippen LogP contribution in [0.3, 0.4) is 0 Å². The van der Waals surface area contributed by atoms with Crippen molar-refractivity contribution in [1.29, 1.82) is 0 Å². The molecule has 0 amide bonds. The van der Waals surface area contributed by atoms with Crippen LogP contribution in [0, 0.1) is 10.8 Å². The van der Waals surface area contributed by atoms with Crippen molar-refractivity contribution < 1.29 is 47.9 Å². The summed E-state index contributed by atoms with van der Waals surface area (Å²) in [5.41, 5.74) is -1.17. The van der Waals surface area contributed by atoms with Gasteiger partial charge in [-0.2, -0.15) is 0 Å². The van der Waals surface area contributed by atoms with Crippen molar-refractivity contribution in [3.8, 4) is 0 Å². The minimum absolute atomic E-state index is 0.118. The van der Waals surface area contributed by atoms with Crippen molar-refractivity contribution in [2.24, 2.45) is 10.8 Å². The molecule has 10 heteroatoms. The van der Waals surface area contributed by atoms with E-state index >= 15 is 0 Å². The summed E-state index contributed by atoms with van der Waals surface area (Å²) >= 11 is 0. The molecule has 218 valence electrons. The van der Waals surface area contributed by atoms with Gasteiger partial charge in [0.2, 0.25) is 0 Å². The SMILES string of the molecule is COC1C(COCC(C)OCC(C)OC(=O)C(C)(C)C)OC(C)C(OCC(C)OC(=O)C(C)(C)C)C1O. The van der Waals surface area contributed by atoms with Crippen LogP contribution in [-0.2, 0) is 42.7 Å². The topological polar surface area (TPSA) is 119 Å². The van der Waals surface area contributed by atoms with E-state index in [9.17, 15) is 14.7 Å². The van der Waals surface area contributed by atoms with Gasteiger partial charge in [-0.3, -0.25) is 9.59 Å². The molecule has 1 N–H and O–H groups in total. The van der Waals surface area contributed by atoms with Crippen LogP contribution >= 0.6 is 0 Å². The third kappa shape index (κ3) is 11.5. The zero-order valence-corrected chi connectivity index (χ0v) is 24.6. The van der Waals surface area contributed by atoms with Crippen molar-refractivity contribution in [3.63, 3.8) is 0 Å². The summed E-state index contributed by atoms with van der Waals surface area (Å²) in [6.07, 6.45) is -4.32. The summed E-state index contributed by atoms with van der Waals surface area (Å²) in [6, 6.07) is 0. The van der Waals surface area contributed by atoms with Gasteiger partial charge in [0.25, 0.3) is 0 Å². The number of ether oxygens (including phenoxy) is 7. The summed E-state index contributed by atoms with van der Waals surface area (Å²) in [4.78, 5) is 24.1. The van der Waals surface area contributed by atoms with Crippen molar-refractivity contribution in [2.45, 2.75) is 118 Å². The molecule has 1 rings (SSSR count). The molecule has 37 heavy (non-hydrogen) atoms. The highest BCUT2D eigenvalue weighted by Crippen LogP contribution is 2.26. The van der Waals surface area contributed by atoms with Gasteiger partial charge in [-0.15, -0.1) is 0 Å². The van der Waals surface area contributed by atoms with Crippen molar-refractivity contribution >= 4 is 11.9 Å². The molecule has 10 nitrogen and oxygen atoms in total. The monoisotopic (exact) mass is 534 g/mol. The molecule has 1 fully saturated rings. The molecule has 8 atom stereocenters. The number of hydrogen-bond donors (Lipinski definition) is 1. The first-order chi connectivity index (χ1) is 17.0. The fourth-order valence-electron chi connectivity index (χ4n) is 3.51. The van der Waals surface area contributed by atoms with E-state index in [1.807, 2.05) is 13.8 Å². The fraction of sp³-hybridized carbons (Fsp3) is 0.926. The first-order valence-electron chi connectivity index (χ1n) is 13.1. The number of rotatable bonds is 13. The molecule has 1 aliphatic heterocycles. The Hall–Kier alpha value is -1.30. The second-order valence-electron chi connectivity index (χ2n) is 12.0. The maximum absolute atomic E-state index is 12.1. The lowest BCUT2D eigenvalue weighted by Gasteiger charge is -2.43. The number of esters is 2. The molecular weight excluding hydrogens is 484 g/mol. The Morgan fingerprint density at radius 3 is 1.84 bits per heavy atom. The van der Waals surface area contributed by atoms with Crippen LogP contribution in [0.4, 0.5) is 0 Å². The van der Waals surface area contributed by atoms with Gasteiger partial charge in [0.15, 0.2) is 0 Å². The highest BCUT2D eigenvalue weighted by molar-refractivity contribution is 5.75. The first kappa shape index (κ1) is 33.7. The molecular formula is C27H50O10. The van der Waals surface area contributed by atoms with Crippen molar-refractivity contribution in [3.05, 3.63) is 0 Å². The van der Waals surface area contributed by atoms with E-state index in [1.165, 1.54) is 7.11 Å². The number of aliphatic hydroxyl groups excluding tert-OH is 1. The second-order valence-corrected chi connectivity index (χ2v) is 12.0. The van der Waals surface area contributed by atoms with Gasteiger partial charge in [0, 0.05) is 7.11 Å². The van der Waals surface area contributed by atoms with Gasteiger partial charge in [-0.05, 0) is 69.2 Å². The van der Waals surface area contributed by atoms with Gasteiger partial charge < -0.3 is 38.3 Å². The summed E-state index contributed by atoms with van der Waals surface area (Å²) in [6.45, 7) is 18.8. The molecule has 0 aromatic carbocycles. The van der Waals surface area contributed by atoms with Crippen LogP contribution in [0.1, 0.15) is 69.2 Å². The Balaban J connectivity index is 2.48. The van der Waals surface area contributed by atoms with Crippen LogP contribution in [-0.4, -0.2) is 99.4 Å². The normalized spacial score (nSPS) is 27.3. The van der Waals surface area contributed by atoms with E-state index in [2.05, 4.69) is 0 Å². The first-order valence-corrected chi connectivity index (χ1v) is 13.1. The molecule has 0 spiro atoms. The molecule has 0 aliphatic carbocycles. The van der Waals surface area contributed by atoms with Crippen LogP contribution in [0.5, 0.6) is 0 Å². The maximum atomic E-state index is 12.1.